The van der Waals surface area contributed by atoms with Crippen molar-refractivity contribution in [2.45, 2.75) is 22.4 Å². The second-order valence-corrected chi connectivity index (χ2v) is 7.77. The summed E-state index contributed by atoms with van der Waals surface area (Å²) in [6.45, 7) is -0.344. The van der Waals surface area contributed by atoms with Crippen molar-refractivity contribution in [1.29, 1.82) is 0 Å². The molecular weight excluding hydrogens is 433 g/mol. The average Bonchev–Trinajstić information content (AvgIpc) is 2.55. The van der Waals surface area contributed by atoms with Gasteiger partial charge in [-0.25, -0.2) is 12.8 Å². The second-order valence-electron chi connectivity index (χ2n) is 5.63. The second kappa shape index (κ2) is 8.90. The van der Waals surface area contributed by atoms with Crippen molar-refractivity contribution in [2.24, 2.45) is 0 Å². The smallest absolute Gasteiger partial charge is 0.726 e. The summed E-state index contributed by atoms with van der Waals surface area (Å²) >= 11 is 1.14. The number of fused-ring (bicyclic) bond motifs is 2. The summed E-state index contributed by atoms with van der Waals surface area (Å²) in [6.07, 6.45) is -4.48. The topological polar surface area (TPSA) is 69.7 Å². The molecule has 0 unspecified atom stereocenters. The van der Waals surface area contributed by atoms with E-state index in [2.05, 4.69) is 4.18 Å². The molecule has 0 fully saturated rings. The Bertz CT molecular complexity index is 970. The molecule has 3 rings (SSSR count). The molecule has 0 aliphatic carbocycles. The van der Waals surface area contributed by atoms with E-state index in [1.54, 1.807) is 0 Å². The molecule has 5 nitrogen and oxygen atoms in total. The normalized spacial score (nSPS) is 13.5. The molecule has 0 aromatic heterocycles. The summed E-state index contributed by atoms with van der Waals surface area (Å²) in [4.78, 5) is 2.54. The van der Waals surface area contributed by atoms with Crippen molar-refractivity contribution in [3.8, 4) is 0 Å². The molecule has 0 N–H and O–H groups in total. The molecule has 0 saturated heterocycles. The number of anilines is 2. The zero-order valence-electron chi connectivity index (χ0n) is 14.5. The van der Waals surface area contributed by atoms with Gasteiger partial charge in [0.2, 0.25) is 10.4 Å². The van der Waals surface area contributed by atoms with Crippen LogP contribution in [0.3, 0.4) is 0 Å². The van der Waals surface area contributed by atoms with Crippen LogP contribution in [-0.4, -0.2) is 26.1 Å². The van der Waals surface area contributed by atoms with Crippen LogP contribution in [0.1, 0.15) is 12.0 Å². The first-order valence-electron chi connectivity index (χ1n) is 7.61. The van der Waals surface area contributed by atoms with Crippen LogP contribution in [-0.2, 0) is 20.8 Å². The summed E-state index contributed by atoms with van der Waals surface area (Å²) in [6, 6.07) is 7.13. The van der Waals surface area contributed by atoms with Gasteiger partial charge in [-0.05, 0) is 42.8 Å². The molecule has 1 aliphatic rings. The predicted octanol–water partition coefficient (Wildman–Crippen LogP) is 1.32. The van der Waals surface area contributed by atoms with Gasteiger partial charge in [0.05, 0.1) is 23.5 Å². The van der Waals surface area contributed by atoms with Crippen LogP contribution in [0.5, 0.6) is 0 Å². The number of rotatable bonds is 5. The average molecular weight is 445 g/mol. The monoisotopic (exact) mass is 445 g/mol. The van der Waals surface area contributed by atoms with Gasteiger partial charge in [0, 0.05) is 16.3 Å². The Morgan fingerprint density at radius 3 is 2.43 bits per heavy atom. The third-order valence-electron chi connectivity index (χ3n) is 3.76. The van der Waals surface area contributed by atoms with E-state index in [0.717, 1.165) is 23.9 Å². The van der Waals surface area contributed by atoms with E-state index in [4.69, 9.17) is 0 Å². The van der Waals surface area contributed by atoms with Crippen LogP contribution in [0.15, 0.2) is 46.2 Å². The van der Waals surface area contributed by atoms with Crippen LogP contribution < -0.4 is 34.5 Å². The van der Waals surface area contributed by atoms with Gasteiger partial charge in [0.15, 0.2) is 0 Å². The van der Waals surface area contributed by atoms with Gasteiger partial charge < -0.3 is 9.45 Å². The molecule has 2 aromatic rings. The maximum atomic E-state index is 13.6. The summed E-state index contributed by atoms with van der Waals surface area (Å²) in [5, 5.41) is 0. The molecule has 28 heavy (non-hydrogen) atoms. The molecule has 0 amide bonds. The van der Waals surface area contributed by atoms with Crippen molar-refractivity contribution < 1.29 is 64.3 Å². The van der Waals surface area contributed by atoms with Gasteiger partial charge in [-0.1, -0.05) is 11.8 Å². The fourth-order valence-corrected chi connectivity index (χ4v) is 4.08. The standard InChI is InChI=1S/C16H13F4NO4S2.Na/c17-11-3-4-12-15(9-11)26-14-5-2-10(16(18,19)20)8-13(14)21(12)6-1-7-25-27(22,23)24;/h2-5,8-9H,1,6-7H2,(H,22,23,24);/q;+1/p-1. The zero-order chi connectivity index (χ0) is 19.8. The molecule has 1 heterocycles. The number of hydrogen-bond acceptors (Lipinski definition) is 6. The summed E-state index contributed by atoms with van der Waals surface area (Å²) in [5.41, 5.74) is -0.0899. The maximum Gasteiger partial charge on any atom is 1.00 e. The SMILES string of the molecule is O=S(=O)([O-])OCCCN1c2ccc(F)cc2Sc2ccc(C(F)(F)F)cc21.[Na+]. The van der Waals surface area contributed by atoms with Crippen LogP contribution in [0, 0.1) is 5.82 Å². The summed E-state index contributed by atoms with van der Waals surface area (Å²) in [7, 11) is -4.85. The van der Waals surface area contributed by atoms with Crippen molar-refractivity contribution in [3.05, 3.63) is 47.8 Å². The minimum absolute atomic E-state index is 0. The van der Waals surface area contributed by atoms with E-state index in [9.17, 15) is 30.5 Å². The third-order valence-corrected chi connectivity index (χ3v) is 5.33. The Morgan fingerprint density at radius 2 is 1.79 bits per heavy atom. The van der Waals surface area contributed by atoms with Crippen LogP contribution in [0.4, 0.5) is 28.9 Å². The van der Waals surface area contributed by atoms with Gasteiger partial charge in [-0.3, -0.25) is 4.18 Å². The Hall–Kier alpha value is -0.820. The fraction of sp³-hybridized carbons (Fsp3) is 0.250. The molecular formula is C16H12F4NNaO4S2. The molecule has 0 spiro atoms. The van der Waals surface area contributed by atoms with Crippen molar-refractivity contribution in [2.75, 3.05) is 18.1 Å². The van der Waals surface area contributed by atoms with E-state index in [1.165, 1.54) is 29.2 Å². The molecule has 0 radical (unpaired) electrons. The number of halogens is 4. The van der Waals surface area contributed by atoms with E-state index < -0.39 is 34.6 Å². The van der Waals surface area contributed by atoms with Gasteiger partial charge in [-0.15, -0.1) is 0 Å². The van der Waals surface area contributed by atoms with Crippen molar-refractivity contribution in [1.82, 2.24) is 0 Å². The van der Waals surface area contributed by atoms with Gasteiger partial charge in [0.1, 0.15) is 5.82 Å². The summed E-state index contributed by atoms with van der Waals surface area (Å²) in [5.74, 6) is -0.489. The predicted molar refractivity (Wildman–Crippen MR) is 89.2 cm³/mol. The molecule has 0 saturated carbocycles. The van der Waals surface area contributed by atoms with Crippen molar-refractivity contribution in [3.63, 3.8) is 0 Å². The minimum atomic E-state index is -4.85. The third kappa shape index (κ3) is 5.62. The number of hydrogen-bond donors (Lipinski definition) is 0. The van der Waals surface area contributed by atoms with Gasteiger partial charge in [0.25, 0.3) is 0 Å². The number of benzene rings is 2. The van der Waals surface area contributed by atoms with Gasteiger partial charge in [-0.2, -0.15) is 13.2 Å². The van der Waals surface area contributed by atoms with Crippen LogP contribution >= 0.6 is 11.8 Å². The van der Waals surface area contributed by atoms with Gasteiger partial charge >= 0.3 is 35.7 Å². The van der Waals surface area contributed by atoms with Crippen LogP contribution in [0.2, 0.25) is 0 Å². The molecule has 1 aliphatic heterocycles. The first-order valence-corrected chi connectivity index (χ1v) is 9.76. The van der Waals surface area contributed by atoms with E-state index in [0.29, 0.717) is 15.5 Å². The first kappa shape index (κ1) is 23.5. The van der Waals surface area contributed by atoms with E-state index in [1.807, 2.05) is 0 Å². The quantitative estimate of drug-likeness (QED) is 0.227. The molecule has 12 heteroatoms. The van der Waals surface area contributed by atoms with E-state index >= 15 is 0 Å². The summed E-state index contributed by atoms with van der Waals surface area (Å²) < 4.78 is 88.4. The molecule has 2 aromatic carbocycles. The fourth-order valence-electron chi connectivity index (χ4n) is 2.66. The molecule has 0 atom stereocenters. The Labute approximate surface area is 185 Å². The number of nitrogens with zero attached hydrogens (tertiary/aromatic N) is 1. The zero-order valence-corrected chi connectivity index (χ0v) is 18.1. The minimum Gasteiger partial charge on any atom is -0.726 e. The molecule has 146 valence electrons. The first-order chi connectivity index (χ1) is 12.5. The largest absolute Gasteiger partial charge is 1.00 e. The van der Waals surface area contributed by atoms with Crippen molar-refractivity contribution >= 4 is 33.5 Å². The Kier molecular flexibility index (Phi) is 7.46. The van der Waals surface area contributed by atoms with Crippen LogP contribution in [0.25, 0.3) is 0 Å². The molecule has 0 bridgehead atoms. The Morgan fingerprint density at radius 1 is 1.07 bits per heavy atom. The Balaban J connectivity index is 0.00000280. The number of alkyl halides is 3. The maximum absolute atomic E-state index is 13.6. The van der Waals surface area contributed by atoms with E-state index in [-0.39, 0.29) is 48.2 Å².